The van der Waals surface area contributed by atoms with Gasteiger partial charge in [-0.1, -0.05) is 0 Å². The van der Waals surface area contributed by atoms with Crippen LogP contribution in [0.4, 0.5) is 11.8 Å². The Bertz CT molecular complexity index is 849. The number of rotatable bonds is 5. The lowest BCUT2D eigenvalue weighted by molar-refractivity contribution is -0.204. The largest absolute Gasteiger partial charge is 0.777 e. The van der Waals surface area contributed by atoms with E-state index in [1.54, 1.807) is 4.57 Å². The topological polar surface area (TPSA) is 171 Å². The summed E-state index contributed by atoms with van der Waals surface area (Å²) in [4.78, 5) is 33.0. The first kappa shape index (κ1) is 16.7. The maximum absolute atomic E-state index is 11.2. The molecule has 4 unspecified atom stereocenters. The van der Waals surface area contributed by atoms with Crippen molar-refractivity contribution in [3.05, 3.63) is 6.33 Å². The summed E-state index contributed by atoms with van der Waals surface area (Å²) in [7, 11) is -4.66. The van der Waals surface area contributed by atoms with E-state index in [2.05, 4.69) is 20.3 Å². The monoisotopic (exact) mass is 369 g/mol. The quantitative estimate of drug-likeness (QED) is 0.479. The van der Waals surface area contributed by atoms with Crippen LogP contribution in [0.1, 0.15) is 19.3 Å². The van der Waals surface area contributed by atoms with E-state index in [4.69, 9.17) is 15.4 Å². The van der Waals surface area contributed by atoms with Crippen molar-refractivity contribution in [2.75, 3.05) is 11.1 Å². The zero-order chi connectivity index (χ0) is 17.8. The van der Waals surface area contributed by atoms with Crippen molar-refractivity contribution >= 4 is 30.5 Å². The van der Waals surface area contributed by atoms with Gasteiger partial charge in [0.15, 0.2) is 24.6 Å². The maximum Gasteiger partial charge on any atom is 0.224 e. The molecule has 136 valence electrons. The van der Waals surface area contributed by atoms with Gasteiger partial charge >= 0.3 is 0 Å². The zero-order valence-corrected chi connectivity index (χ0v) is 14.0. The normalized spacial score (nSPS) is 29.0. The molecule has 0 bridgehead atoms. The molecule has 2 aliphatic rings. The van der Waals surface area contributed by atoms with Crippen molar-refractivity contribution in [3.8, 4) is 0 Å². The van der Waals surface area contributed by atoms with Gasteiger partial charge in [0.1, 0.15) is 11.9 Å². The van der Waals surface area contributed by atoms with Gasteiger partial charge in [0, 0.05) is 12.5 Å². The number of hydrogen-bond acceptors (Lipinski definition) is 9. The molecule has 0 radical (unpaired) electrons. The highest BCUT2D eigenvalue weighted by Gasteiger charge is 2.39. The van der Waals surface area contributed by atoms with Crippen molar-refractivity contribution < 1.29 is 24.2 Å². The summed E-state index contributed by atoms with van der Waals surface area (Å²) in [6, 6.07) is 0.360. The molecular weight excluding hydrogens is 351 g/mol. The summed E-state index contributed by atoms with van der Waals surface area (Å²) in [6.45, 7) is 0.119. The number of anilines is 2. The van der Waals surface area contributed by atoms with Crippen LogP contribution in [0, 0.1) is 0 Å². The van der Waals surface area contributed by atoms with E-state index in [-0.39, 0.29) is 18.9 Å². The second kappa shape index (κ2) is 5.89. The number of hydrogen-bond donors (Lipinski definition) is 4. The van der Waals surface area contributed by atoms with Crippen LogP contribution < -0.4 is 15.9 Å². The Morgan fingerprint density at radius 1 is 1.48 bits per heavy atom. The number of fused-ring (bicyclic) bond motifs is 1. The van der Waals surface area contributed by atoms with E-state index in [9.17, 15) is 14.6 Å². The van der Waals surface area contributed by atoms with Gasteiger partial charge in [-0.05, 0) is 12.8 Å². The number of nitrogens with zero attached hydrogens (tertiary/aromatic N) is 4. The SMILES string of the molecule is Nc1nc(NC2CC2)c2ncn(CC3OC(P(=O)([O-])O)CC3O)c2n1. The number of nitrogens with one attached hydrogen (secondary N) is 1. The fourth-order valence-electron chi connectivity index (χ4n) is 2.89. The van der Waals surface area contributed by atoms with Crippen LogP contribution in [-0.2, 0) is 15.8 Å². The number of aliphatic hydroxyl groups is 1. The lowest BCUT2D eigenvalue weighted by Crippen LogP contribution is -2.26. The minimum Gasteiger partial charge on any atom is -0.777 e. The van der Waals surface area contributed by atoms with Crippen LogP contribution in [0.5, 0.6) is 0 Å². The molecule has 12 heteroatoms. The van der Waals surface area contributed by atoms with Crippen molar-refractivity contribution in [1.82, 2.24) is 19.5 Å². The highest BCUT2D eigenvalue weighted by Crippen LogP contribution is 2.44. The van der Waals surface area contributed by atoms with Gasteiger partial charge in [-0.3, -0.25) is 0 Å². The Morgan fingerprint density at radius 2 is 2.24 bits per heavy atom. The van der Waals surface area contributed by atoms with Crippen molar-refractivity contribution in [1.29, 1.82) is 0 Å². The van der Waals surface area contributed by atoms with Gasteiger partial charge in [0.2, 0.25) is 5.95 Å². The third-order valence-electron chi connectivity index (χ3n) is 4.34. The molecule has 0 amide bonds. The molecule has 5 N–H and O–H groups in total. The van der Waals surface area contributed by atoms with Gasteiger partial charge in [-0.25, -0.2) is 4.98 Å². The summed E-state index contributed by atoms with van der Waals surface area (Å²) >= 11 is 0. The van der Waals surface area contributed by atoms with E-state index < -0.39 is 25.6 Å². The number of nitrogens with two attached hydrogens (primary N) is 1. The molecule has 1 saturated heterocycles. The molecule has 4 rings (SSSR count). The first-order chi connectivity index (χ1) is 11.8. The Kier molecular flexibility index (Phi) is 3.93. The highest BCUT2D eigenvalue weighted by atomic mass is 31.2. The van der Waals surface area contributed by atoms with Gasteiger partial charge in [0.25, 0.3) is 0 Å². The zero-order valence-electron chi connectivity index (χ0n) is 13.1. The van der Waals surface area contributed by atoms with Gasteiger partial charge in [0.05, 0.1) is 19.0 Å². The predicted octanol–water partition coefficient (Wildman–Crippen LogP) is -0.996. The second-order valence-corrected chi connectivity index (χ2v) is 8.12. The Hall–Kier alpha value is -1.78. The van der Waals surface area contributed by atoms with E-state index in [1.807, 2.05) is 0 Å². The molecule has 11 nitrogen and oxygen atoms in total. The fraction of sp³-hybridized carbons (Fsp3) is 0.615. The fourth-order valence-corrected chi connectivity index (χ4v) is 3.68. The van der Waals surface area contributed by atoms with E-state index in [0.717, 1.165) is 12.8 Å². The average Bonchev–Trinajstić information content (AvgIpc) is 3.12. The molecule has 1 saturated carbocycles. The van der Waals surface area contributed by atoms with Crippen LogP contribution in [0.3, 0.4) is 0 Å². The molecule has 1 aliphatic heterocycles. The number of ether oxygens (including phenoxy) is 1. The number of aromatic nitrogens is 4. The van der Waals surface area contributed by atoms with Crippen LogP contribution >= 0.6 is 7.60 Å². The summed E-state index contributed by atoms with van der Waals surface area (Å²) < 4.78 is 18.1. The van der Waals surface area contributed by atoms with Crippen LogP contribution in [0.2, 0.25) is 0 Å². The van der Waals surface area contributed by atoms with Gasteiger partial charge in [-0.15, -0.1) is 0 Å². The highest BCUT2D eigenvalue weighted by molar-refractivity contribution is 7.50. The molecule has 0 spiro atoms. The lowest BCUT2D eigenvalue weighted by Gasteiger charge is -2.23. The van der Waals surface area contributed by atoms with Crippen LogP contribution in [0.25, 0.3) is 11.2 Å². The van der Waals surface area contributed by atoms with E-state index in [0.29, 0.717) is 23.0 Å². The number of imidazole rings is 1. The standard InChI is InChI=1S/C13H19N6O5P/c14-13-17-11(16-6-1-2-6)10-12(18-13)19(5-15-10)4-8-7(20)3-9(24-8)25(21,22)23/h5-9,20H,1-4H2,(H2,21,22,23)(H3,14,16,17,18)/p-1. The second-order valence-electron chi connectivity index (χ2n) is 6.41. The summed E-state index contributed by atoms with van der Waals surface area (Å²) in [6.07, 6.45) is 1.61. The maximum atomic E-state index is 11.2. The first-order valence-electron chi connectivity index (χ1n) is 7.93. The summed E-state index contributed by atoms with van der Waals surface area (Å²) in [5, 5.41) is 13.3. The molecule has 2 aromatic heterocycles. The third-order valence-corrected chi connectivity index (χ3v) is 5.40. The molecule has 0 aromatic carbocycles. The van der Waals surface area contributed by atoms with E-state index >= 15 is 0 Å². The molecular formula is C13H18N6O5P-. The number of aliphatic hydroxyl groups excluding tert-OH is 1. The summed E-state index contributed by atoms with van der Waals surface area (Å²) in [5.74, 6) is -0.773. The minimum atomic E-state index is -4.66. The predicted molar refractivity (Wildman–Crippen MR) is 85.5 cm³/mol. The molecule has 2 aromatic rings. The molecule has 4 atom stereocenters. The third kappa shape index (κ3) is 3.33. The van der Waals surface area contributed by atoms with Gasteiger partial charge < -0.3 is 39.8 Å². The van der Waals surface area contributed by atoms with Crippen molar-refractivity contribution in [2.45, 2.75) is 49.9 Å². The molecule has 1 aliphatic carbocycles. The first-order valence-corrected chi connectivity index (χ1v) is 9.58. The van der Waals surface area contributed by atoms with Crippen LogP contribution in [0.15, 0.2) is 6.33 Å². The minimum absolute atomic E-state index is 0.0857. The Morgan fingerprint density at radius 3 is 2.88 bits per heavy atom. The summed E-state index contributed by atoms with van der Waals surface area (Å²) in [5.41, 5.74) is 6.77. The Labute approximate surface area is 142 Å². The number of nitrogen functional groups attached to an aromatic ring is 1. The molecule has 2 fully saturated rings. The average molecular weight is 369 g/mol. The van der Waals surface area contributed by atoms with Crippen molar-refractivity contribution in [3.63, 3.8) is 0 Å². The van der Waals surface area contributed by atoms with Crippen molar-refractivity contribution in [2.24, 2.45) is 0 Å². The smallest absolute Gasteiger partial charge is 0.224 e. The van der Waals surface area contributed by atoms with E-state index in [1.165, 1.54) is 6.33 Å². The lowest BCUT2D eigenvalue weighted by atomic mass is 10.2. The van der Waals surface area contributed by atoms with Gasteiger partial charge in [-0.2, -0.15) is 9.97 Å². The molecule has 3 heterocycles. The molecule has 25 heavy (non-hydrogen) atoms. The van der Waals surface area contributed by atoms with Crippen LogP contribution in [-0.4, -0.2) is 53.6 Å². The Balaban J connectivity index is 1.59.